The molecule has 0 bridgehead atoms. The van der Waals surface area contributed by atoms with Gasteiger partial charge in [0, 0.05) is 17.4 Å². The molecular weight excluding hydrogens is 502 g/mol. The number of hydrogen-bond donors (Lipinski definition) is 1. The lowest BCUT2D eigenvalue weighted by molar-refractivity contribution is 0.0950. The summed E-state index contributed by atoms with van der Waals surface area (Å²) in [5.41, 5.74) is 2.72. The van der Waals surface area contributed by atoms with Crippen molar-refractivity contribution < 1.29 is 14.3 Å². The molecule has 0 saturated carbocycles. The summed E-state index contributed by atoms with van der Waals surface area (Å²) in [6.45, 7) is 3.41. The first-order chi connectivity index (χ1) is 17.2. The lowest BCUT2D eigenvalue weighted by Crippen LogP contribution is -2.22. The minimum atomic E-state index is -0.0842. The van der Waals surface area contributed by atoms with Crippen LogP contribution in [0.4, 0.5) is 0 Å². The Morgan fingerprint density at radius 3 is 2.09 bits per heavy atom. The van der Waals surface area contributed by atoms with Gasteiger partial charge in [-0.3, -0.25) is 4.79 Å². The summed E-state index contributed by atoms with van der Waals surface area (Å²) in [5, 5.41) is 3.71. The Morgan fingerprint density at radius 1 is 0.800 bits per heavy atom. The van der Waals surface area contributed by atoms with Crippen LogP contribution in [0.5, 0.6) is 11.5 Å². The van der Waals surface area contributed by atoms with Crippen molar-refractivity contribution in [2.45, 2.75) is 95.8 Å². The molecule has 1 amide bonds. The largest absolute Gasteiger partial charge is 0.493 e. The molecule has 0 aliphatic rings. The van der Waals surface area contributed by atoms with Gasteiger partial charge in [0.2, 0.25) is 0 Å². The van der Waals surface area contributed by atoms with Gasteiger partial charge in [0.1, 0.15) is 0 Å². The third kappa shape index (κ3) is 12.0. The summed E-state index contributed by atoms with van der Waals surface area (Å²) in [7, 11) is 1.65. The lowest BCUT2D eigenvalue weighted by Gasteiger charge is -2.13. The maximum absolute atomic E-state index is 12.5. The number of unbranched alkanes of at least 4 members (excludes halogenated alkanes) is 11. The van der Waals surface area contributed by atoms with Gasteiger partial charge in [0.15, 0.2) is 11.5 Å². The number of carbonyl (C=O) groups excluding carboxylic acids is 1. The summed E-state index contributed by atoms with van der Waals surface area (Å²) in [6, 6.07) is 13.5. The highest BCUT2D eigenvalue weighted by molar-refractivity contribution is 9.08. The van der Waals surface area contributed by atoms with E-state index in [9.17, 15) is 4.79 Å². The molecule has 0 aliphatic carbocycles. The monoisotopic (exact) mass is 545 g/mol. The molecule has 2 aromatic rings. The highest BCUT2D eigenvalue weighted by atomic mass is 79.9. The number of hydrogen-bond acceptors (Lipinski definition) is 3. The number of benzene rings is 2. The Morgan fingerprint density at radius 2 is 1.46 bits per heavy atom. The van der Waals surface area contributed by atoms with E-state index >= 15 is 0 Å². The van der Waals surface area contributed by atoms with Gasteiger partial charge in [-0.05, 0) is 41.8 Å². The van der Waals surface area contributed by atoms with Gasteiger partial charge >= 0.3 is 0 Å². The zero-order valence-electron chi connectivity index (χ0n) is 21.8. The number of alkyl halides is 1. The van der Waals surface area contributed by atoms with Crippen LogP contribution < -0.4 is 14.8 Å². The van der Waals surface area contributed by atoms with Crippen LogP contribution in [-0.2, 0) is 11.9 Å². The van der Waals surface area contributed by atoms with Gasteiger partial charge in [-0.15, -0.1) is 0 Å². The second-order valence-corrected chi connectivity index (χ2v) is 9.80. The van der Waals surface area contributed by atoms with E-state index in [0.717, 1.165) is 28.6 Å². The summed E-state index contributed by atoms with van der Waals surface area (Å²) in [4.78, 5) is 12.5. The maximum atomic E-state index is 12.5. The van der Waals surface area contributed by atoms with Crippen LogP contribution >= 0.6 is 15.9 Å². The van der Waals surface area contributed by atoms with Gasteiger partial charge in [-0.2, -0.15) is 0 Å². The molecular formula is C30H44BrNO3. The number of rotatable bonds is 19. The molecule has 2 aromatic carbocycles. The second-order valence-electron chi connectivity index (χ2n) is 9.24. The van der Waals surface area contributed by atoms with Crippen molar-refractivity contribution >= 4 is 21.8 Å². The third-order valence-corrected chi connectivity index (χ3v) is 6.93. The number of nitrogens with one attached hydrogen (secondary N) is 1. The number of methoxy groups -OCH3 is 1. The maximum Gasteiger partial charge on any atom is 0.251 e. The SMILES string of the molecule is CCCCCCCCCCCCCCOc1ccc(CNC(=O)c2cccc(CBr)c2)cc1OC. The Balaban J connectivity index is 1.62. The molecule has 0 fully saturated rings. The van der Waals surface area contributed by atoms with Crippen molar-refractivity contribution in [3.05, 3.63) is 59.2 Å². The zero-order chi connectivity index (χ0) is 25.1. The van der Waals surface area contributed by atoms with Gasteiger partial charge in [-0.1, -0.05) is 112 Å². The van der Waals surface area contributed by atoms with E-state index in [1.165, 1.54) is 70.6 Å². The van der Waals surface area contributed by atoms with Crippen LogP contribution in [0.1, 0.15) is 105 Å². The predicted molar refractivity (Wildman–Crippen MR) is 150 cm³/mol. The van der Waals surface area contributed by atoms with E-state index in [0.29, 0.717) is 24.5 Å². The van der Waals surface area contributed by atoms with E-state index in [2.05, 4.69) is 28.2 Å². The minimum absolute atomic E-state index is 0.0842. The zero-order valence-corrected chi connectivity index (χ0v) is 23.3. The van der Waals surface area contributed by atoms with Crippen molar-refractivity contribution in [3.8, 4) is 11.5 Å². The molecule has 0 radical (unpaired) electrons. The minimum Gasteiger partial charge on any atom is -0.493 e. The molecule has 5 heteroatoms. The first-order valence-electron chi connectivity index (χ1n) is 13.4. The van der Waals surface area contributed by atoms with E-state index in [1.54, 1.807) is 7.11 Å². The quantitative estimate of drug-likeness (QED) is 0.142. The molecule has 0 saturated heterocycles. The molecule has 1 N–H and O–H groups in total. The first kappa shape index (κ1) is 29.2. The number of ether oxygens (including phenoxy) is 2. The summed E-state index contributed by atoms with van der Waals surface area (Å²) in [6.07, 6.45) is 16.0. The molecule has 0 unspecified atom stereocenters. The Kier molecular flexibility index (Phi) is 15.3. The van der Waals surface area contributed by atoms with Crippen molar-refractivity contribution in [3.63, 3.8) is 0 Å². The summed E-state index contributed by atoms with van der Waals surface area (Å²) >= 11 is 3.43. The van der Waals surface area contributed by atoms with Crippen LogP contribution in [0.25, 0.3) is 0 Å². The van der Waals surface area contributed by atoms with Gasteiger partial charge in [-0.25, -0.2) is 0 Å². The van der Waals surface area contributed by atoms with Crippen molar-refractivity contribution in [1.82, 2.24) is 5.32 Å². The molecule has 0 aliphatic heterocycles. The highest BCUT2D eigenvalue weighted by Crippen LogP contribution is 2.28. The number of halogens is 1. The van der Waals surface area contributed by atoms with Gasteiger partial charge in [0.25, 0.3) is 5.91 Å². The van der Waals surface area contributed by atoms with Gasteiger partial charge in [0.05, 0.1) is 13.7 Å². The Hall–Kier alpha value is -2.01. The lowest BCUT2D eigenvalue weighted by atomic mass is 10.1. The summed E-state index contributed by atoms with van der Waals surface area (Å²) in [5.74, 6) is 1.38. The molecule has 194 valence electrons. The fourth-order valence-corrected chi connectivity index (χ4v) is 4.50. The number of amides is 1. The van der Waals surface area contributed by atoms with Gasteiger partial charge < -0.3 is 14.8 Å². The molecule has 4 nitrogen and oxygen atoms in total. The topological polar surface area (TPSA) is 47.6 Å². The standard InChI is InChI=1S/C30H44BrNO3/c1-3-4-5-6-7-8-9-10-11-12-13-14-20-35-28-19-18-26(22-29(28)34-2)24-32-30(33)27-17-15-16-25(21-27)23-31/h15-19,21-22H,3-14,20,23-24H2,1-2H3,(H,32,33). The predicted octanol–water partition coefficient (Wildman–Crippen LogP) is 8.60. The number of carbonyl (C=O) groups is 1. The van der Waals surface area contributed by atoms with E-state index in [-0.39, 0.29) is 5.91 Å². The second kappa shape index (κ2) is 18.3. The smallest absolute Gasteiger partial charge is 0.251 e. The van der Waals surface area contributed by atoms with E-state index < -0.39 is 0 Å². The average molecular weight is 547 g/mol. The molecule has 35 heavy (non-hydrogen) atoms. The highest BCUT2D eigenvalue weighted by Gasteiger charge is 2.09. The fraction of sp³-hybridized carbons (Fsp3) is 0.567. The Bertz CT molecular complexity index is 855. The molecule has 0 spiro atoms. The van der Waals surface area contributed by atoms with Crippen molar-refractivity contribution in [2.24, 2.45) is 0 Å². The third-order valence-electron chi connectivity index (χ3n) is 6.28. The van der Waals surface area contributed by atoms with Crippen molar-refractivity contribution in [2.75, 3.05) is 13.7 Å². The summed E-state index contributed by atoms with van der Waals surface area (Å²) < 4.78 is 11.5. The van der Waals surface area contributed by atoms with Crippen molar-refractivity contribution in [1.29, 1.82) is 0 Å². The van der Waals surface area contributed by atoms with Crippen LogP contribution in [0.2, 0.25) is 0 Å². The normalized spacial score (nSPS) is 10.8. The van der Waals surface area contributed by atoms with Crippen LogP contribution in [0, 0.1) is 0 Å². The molecule has 2 rings (SSSR count). The van der Waals surface area contributed by atoms with Crippen LogP contribution in [0.3, 0.4) is 0 Å². The first-order valence-corrected chi connectivity index (χ1v) is 14.5. The average Bonchev–Trinajstić information content (AvgIpc) is 2.90. The Labute approximate surface area is 221 Å². The molecule has 0 aromatic heterocycles. The molecule has 0 heterocycles. The molecule has 0 atom stereocenters. The van der Waals surface area contributed by atoms with E-state index in [4.69, 9.17) is 9.47 Å². The fourth-order valence-electron chi connectivity index (χ4n) is 4.15. The van der Waals surface area contributed by atoms with Crippen LogP contribution in [-0.4, -0.2) is 19.6 Å². The van der Waals surface area contributed by atoms with E-state index in [1.807, 2.05) is 42.5 Å². The van der Waals surface area contributed by atoms with Crippen LogP contribution in [0.15, 0.2) is 42.5 Å².